The van der Waals surface area contributed by atoms with Crippen molar-refractivity contribution in [3.63, 3.8) is 0 Å². The normalized spacial score (nSPS) is 18.0. The van der Waals surface area contributed by atoms with Gasteiger partial charge in [-0.2, -0.15) is 4.98 Å². The lowest BCUT2D eigenvalue weighted by Crippen LogP contribution is -2.49. The molecule has 9 nitrogen and oxygen atoms in total. The van der Waals surface area contributed by atoms with Crippen molar-refractivity contribution in [2.45, 2.75) is 52.1 Å². The Balaban J connectivity index is 2.00. The van der Waals surface area contributed by atoms with Crippen molar-refractivity contribution in [2.75, 3.05) is 64.2 Å². The number of nitrogens with one attached hydrogen (secondary N) is 3. The van der Waals surface area contributed by atoms with Crippen molar-refractivity contribution in [3.05, 3.63) is 34.8 Å². The Morgan fingerprint density at radius 1 is 1.29 bits per heavy atom. The average Bonchev–Trinajstić information content (AvgIpc) is 2.84. The van der Waals surface area contributed by atoms with Gasteiger partial charge >= 0.3 is 0 Å². The lowest BCUT2D eigenvalue weighted by molar-refractivity contribution is 0.0997. The van der Waals surface area contributed by atoms with Crippen LogP contribution in [0.5, 0.6) is 0 Å². The molecule has 1 fully saturated rings. The number of likely N-dealkylation sites (N-methyl/N-ethyl adjacent to an activating group) is 1. The Hall–Kier alpha value is -1.91. The molecule has 1 saturated heterocycles. The second-order valence-electron chi connectivity index (χ2n) is 8.64. The van der Waals surface area contributed by atoms with Crippen molar-refractivity contribution in [1.82, 2.24) is 25.1 Å². The van der Waals surface area contributed by atoms with Gasteiger partial charge < -0.3 is 25.4 Å². The first-order chi connectivity index (χ1) is 16.4. The number of methoxy groups -OCH3 is 1. The van der Waals surface area contributed by atoms with Gasteiger partial charge in [0.15, 0.2) is 5.82 Å². The van der Waals surface area contributed by atoms with Crippen molar-refractivity contribution < 1.29 is 9.84 Å². The maximum Gasteiger partial charge on any atom is 0.228 e. The molecule has 0 aromatic carbocycles. The largest absolute Gasteiger partial charge is 0.500 e. The standard InChI is InChI=1S/C24H42ClN7O2/c1-6-19(12-18(3)29-17-33)14-26-23-22(25)16-28-24(30-23)27-15-21(34-5)13-20(7-2)32-10-8-31(4)9-11-32/h12,15-16,18,20,29,33H,6-11,13-14,17H2,1-5H3,(H2,26,27,28,30)/b19-12+,21-15-. The minimum atomic E-state index is -0.0553. The fraction of sp³-hybridized carbons (Fsp3) is 0.667. The Labute approximate surface area is 209 Å². The van der Waals surface area contributed by atoms with E-state index < -0.39 is 0 Å². The Bertz CT molecular complexity index is 798. The topological polar surface area (TPSA) is 97.8 Å². The zero-order valence-electron chi connectivity index (χ0n) is 21.3. The molecule has 192 valence electrons. The first-order valence-electron chi connectivity index (χ1n) is 12.1. The van der Waals surface area contributed by atoms with Crippen molar-refractivity contribution in [2.24, 2.45) is 0 Å². The van der Waals surface area contributed by atoms with Crippen LogP contribution in [-0.2, 0) is 4.74 Å². The molecule has 0 amide bonds. The second kappa shape index (κ2) is 15.2. The molecule has 2 unspecified atom stereocenters. The van der Waals surface area contributed by atoms with E-state index in [9.17, 15) is 0 Å². The summed E-state index contributed by atoms with van der Waals surface area (Å²) in [5, 5.41) is 18.9. The quantitative estimate of drug-likeness (QED) is 0.176. The monoisotopic (exact) mass is 495 g/mol. The van der Waals surface area contributed by atoms with Gasteiger partial charge in [0.25, 0.3) is 0 Å². The fourth-order valence-corrected chi connectivity index (χ4v) is 4.07. The van der Waals surface area contributed by atoms with Crippen LogP contribution < -0.4 is 16.0 Å². The molecule has 0 spiro atoms. The number of hydrogen-bond acceptors (Lipinski definition) is 9. The maximum absolute atomic E-state index is 9.03. The fourth-order valence-electron chi connectivity index (χ4n) is 3.91. The summed E-state index contributed by atoms with van der Waals surface area (Å²) in [6.07, 6.45) is 8.29. The van der Waals surface area contributed by atoms with Gasteiger partial charge in [0.05, 0.1) is 20.0 Å². The highest BCUT2D eigenvalue weighted by Crippen LogP contribution is 2.21. The van der Waals surface area contributed by atoms with Crippen LogP contribution in [0, 0.1) is 0 Å². The summed E-state index contributed by atoms with van der Waals surface area (Å²) < 4.78 is 5.65. The summed E-state index contributed by atoms with van der Waals surface area (Å²) in [5.41, 5.74) is 1.19. The predicted octanol–water partition coefficient (Wildman–Crippen LogP) is 3.12. The number of aliphatic hydroxyl groups excluding tert-OH is 1. The Morgan fingerprint density at radius 3 is 2.65 bits per heavy atom. The number of aliphatic hydroxyl groups is 1. The van der Waals surface area contributed by atoms with Gasteiger partial charge in [-0.05, 0) is 26.8 Å². The van der Waals surface area contributed by atoms with E-state index in [1.54, 1.807) is 13.3 Å². The van der Waals surface area contributed by atoms with E-state index in [1.165, 1.54) is 5.57 Å². The number of piperazine rings is 1. The van der Waals surface area contributed by atoms with E-state index in [-0.39, 0.29) is 12.8 Å². The minimum absolute atomic E-state index is 0.0553. The molecule has 0 radical (unpaired) electrons. The number of halogens is 1. The Kier molecular flexibility index (Phi) is 12.6. The van der Waals surface area contributed by atoms with Crippen molar-refractivity contribution in [1.29, 1.82) is 0 Å². The van der Waals surface area contributed by atoms with Crippen LogP contribution in [0.15, 0.2) is 29.8 Å². The Morgan fingerprint density at radius 2 is 2.03 bits per heavy atom. The highest BCUT2D eigenvalue weighted by molar-refractivity contribution is 6.32. The number of anilines is 2. The van der Waals surface area contributed by atoms with Crippen LogP contribution in [0.3, 0.4) is 0 Å². The zero-order valence-corrected chi connectivity index (χ0v) is 22.0. The van der Waals surface area contributed by atoms with E-state index in [4.69, 9.17) is 21.4 Å². The minimum Gasteiger partial charge on any atom is -0.500 e. The summed E-state index contributed by atoms with van der Waals surface area (Å²) >= 11 is 6.32. The lowest BCUT2D eigenvalue weighted by Gasteiger charge is -2.37. The van der Waals surface area contributed by atoms with Gasteiger partial charge in [-0.15, -0.1) is 0 Å². The van der Waals surface area contributed by atoms with E-state index in [1.807, 2.05) is 13.1 Å². The SMILES string of the molecule is CC/C(=C\C(C)NCO)CNc1nc(N/C=C(/CC(CC)N2CCN(C)CC2)OC)ncc1Cl. The lowest BCUT2D eigenvalue weighted by atomic mass is 10.1. The molecule has 2 heterocycles. The number of hydrogen-bond donors (Lipinski definition) is 4. The molecular formula is C24H42ClN7O2. The number of aromatic nitrogens is 2. The molecule has 0 aliphatic carbocycles. The van der Waals surface area contributed by atoms with Crippen LogP contribution in [0.4, 0.5) is 11.8 Å². The van der Waals surface area contributed by atoms with Gasteiger partial charge in [-0.25, -0.2) is 4.98 Å². The van der Waals surface area contributed by atoms with Gasteiger partial charge in [0, 0.05) is 57.4 Å². The smallest absolute Gasteiger partial charge is 0.228 e. The molecule has 0 bridgehead atoms. The second-order valence-corrected chi connectivity index (χ2v) is 9.04. The molecular weight excluding hydrogens is 454 g/mol. The van der Waals surface area contributed by atoms with Gasteiger partial charge in [0.1, 0.15) is 10.8 Å². The summed E-state index contributed by atoms with van der Waals surface area (Å²) in [6.45, 7) is 11.2. The van der Waals surface area contributed by atoms with Crippen LogP contribution in [-0.4, -0.2) is 90.6 Å². The van der Waals surface area contributed by atoms with Gasteiger partial charge in [-0.3, -0.25) is 10.2 Å². The van der Waals surface area contributed by atoms with E-state index in [2.05, 4.69) is 62.7 Å². The molecule has 10 heteroatoms. The van der Waals surface area contributed by atoms with Crippen molar-refractivity contribution in [3.8, 4) is 0 Å². The number of rotatable bonds is 14. The van der Waals surface area contributed by atoms with Crippen LogP contribution in [0.2, 0.25) is 5.02 Å². The highest BCUT2D eigenvalue weighted by Gasteiger charge is 2.22. The third kappa shape index (κ3) is 9.38. The first-order valence-corrected chi connectivity index (χ1v) is 12.5. The van der Waals surface area contributed by atoms with Gasteiger partial charge in [-0.1, -0.05) is 37.1 Å². The molecule has 1 aliphatic rings. The van der Waals surface area contributed by atoms with E-state index in [0.717, 1.165) is 51.2 Å². The maximum atomic E-state index is 9.03. The predicted molar refractivity (Wildman–Crippen MR) is 140 cm³/mol. The third-order valence-corrected chi connectivity index (χ3v) is 6.44. The number of ether oxygens (including phenoxy) is 1. The van der Waals surface area contributed by atoms with Crippen LogP contribution in [0.1, 0.15) is 40.0 Å². The summed E-state index contributed by atoms with van der Waals surface area (Å²) in [7, 11) is 3.87. The molecule has 2 atom stereocenters. The van der Waals surface area contributed by atoms with Crippen LogP contribution in [0.25, 0.3) is 0 Å². The molecule has 0 saturated carbocycles. The van der Waals surface area contributed by atoms with E-state index in [0.29, 0.717) is 29.4 Å². The van der Waals surface area contributed by atoms with Gasteiger partial charge in [0.2, 0.25) is 5.95 Å². The third-order valence-electron chi connectivity index (χ3n) is 6.17. The summed E-state index contributed by atoms with van der Waals surface area (Å²) in [5.74, 6) is 1.88. The van der Waals surface area contributed by atoms with Crippen molar-refractivity contribution >= 4 is 23.4 Å². The molecule has 2 rings (SSSR count). The summed E-state index contributed by atoms with van der Waals surface area (Å²) in [4.78, 5) is 13.7. The molecule has 1 aromatic rings. The zero-order chi connectivity index (χ0) is 24.9. The average molecular weight is 496 g/mol. The molecule has 34 heavy (non-hydrogen) atoms. The molecule has 4 N–H and O–H groups in total. The summed E-state index contributed by atoms with van der Waals surface area (Å²) in [6, 6.07) is 0.516. The molecule has 1 aliphatic heterocycles. The molecule has 1 aromatic heterocycles. The number of nitrogens with zero attached hydrogens (tertiary/aromatic N) is 4. The van der Waals surface area contributed by atoms with Crippen LogP contribution >= 0.6 is 11.6 Å². The van der Waals surface area contributed by atoms with E-state index >= 15 is 0 Å². The first kappa shape index (κ1) is 28.3. The highest BCUT2D eigenvalue weighted by atomic mass is 35.5.